The first-order chi connectivity index (χ1) is 23.4. The van der Waals surface area contributed by atoms with Gasteiger partial charge in [-0.15, -0.1) is 5.10 Å². The molecular weight excluding hydrogens is 612 g/mol. The van der Waals surface area contributed by atoms with Crippen molar-refractivity contribution in [2.45, 2.75) is 32.7 Å². The zero-order chi connectivity index (χ0) is 33.6. The molecule has 254 valence electrons. The van der Waals surface area contributed by atoms with E-state index < -0.39 is 0 Å². The summed E-state index contributed by atoms with van der Waals surface area (Å²) in [4.78, 5) is 38.5. The van der Waals surface area contributed by atoms with Crippen LogP contribution in [-0.4, -0.2) is 109 Å². The normalized spacial score (nSPS) is 18.0. The van der Waals surface area contributed by atoms with Gasteiger partial charge >= 0.3 is 0 Å². The number of nitrogens with one attached hydrogen (secondary N) is 1. The van der Waals surface area contributed by atoms with E-state index in [1.807, 2.05) is 36.4 Å². The lowest BCUT2D eigenvalue weighted by Crippen LogP contribution is -2.42. The zero-order valence-corrected chi connectivity index (χ0v) is 28.1. The minimum atomic E-state index is -0.258. The second-order valence-electron chi connectivity index (χ2n) is 12.2. The molecule has 1 unspecified atom stereocenters. The monoisotopic (exact) mass is 656 g/mol. The molecule has 0 spiro atoms. The third-order valence-electron chi connectivity index (χ3n) is 9.24. The molecule has 48 heavy (non-hydrogen) atoms. The largest absolute Gasteiger partial charge is 0.493 e. The number of hydrogen-bond donors (Lipinski definition) is 1. The Bertz CT molecular complexity index is 1750. The Morgan fingerprint density at radius 2 is 1.81 bits per heavy atom. The van der Waals surface area contributed by atoms with Gasteiger partial charge in [-0.2, -0.15) is 0 Å². The third kappa shape index (κ3) is 7.01. The Kier molecular flexibility index (Phi) is 10.2. The highest BCUT2D eigenvalue weighted by Gasteiger charge is 2.28. The first-order valence-electron chi connectivity index (χ1n) is 16.6. The molecule has 0 radical (unpaired) electrons. The van der Waals surface area contributed by atoms with Crippen molar-refractivity contribution in [3.63, 3.8) is 0 Å². The Balaban J connectivity index is 1.35. The fourth-order valence-corrected chi connectivity index (χ4v) is 6.62. The molecule has 2 aliphatic rings. The number of methoxy groups -OCH3 is 3. The lowest BCUT2D eigenvalue weighted by molar-refractivity contribution is -0.121. The first kappa shape index (κ1) is 33.0. The maximum atomic E-state index is 13.8. The Hall–Kier alpha value is -4.91. The van der Waals surface area contributed by atoms with Crippen molar-refractivity contribution >= 4 is 28.5 Å². The quantitative estimate of drug-likeness (QED) is 0.329. The molecule has 2 amide bonds. The molecule has 0 aliphatic carbocycles. The maximum absolute atomic E-state index is 13.8. The molecule has 4 aromatic rings. The number of fused-ring (bicyclic) bond motifs is 5. The molecule has 2 aromatic heterocycles. The van der Waals surface area contributed by atoms with E-state index in [0.29, 0.717) is 43.4 Å². The average molecular weight is 657 g/mol. The van der Waals surface area contributed by atoms with Crippen molar-refractivity contribution in [3.05, 3.63) is 59.9 Å². The van der Waals surface area contributed by atoms with Crippen LogP contribution < -0.4 is 24.4 Å². The predicted octanol–water partition coefficient (Wildman–Crippen LogP) is 3.54. The Morgan fingerprint density at radius 3 is 2.56 bits per heavy atom. The van der Waals surface area contributed by atoms with E-state index in [-0.39, 0.29) is 36.4 Å². The van der Waals surface area contributed by atoms with Gasteiger partial charge in [0.25, 0.3) is 5.91 Å². The van der Waals surface area contributed by atoms with Gasteiger partial charge in [0.1, 0.15) is 5.82 Å². The van der Waals surface area contributed by atoms with Crippen molar-refractivity contribution in [2.75, 3.05) is 72.0 Å². The molecule has 2 aliphatic heterocycles. The van der Waals surface area contributed by atoms with Gasteiger partial charge in [-0.05, 0) is 43.5 Å². The fraction of sp³-hybridized carbons (Fsp3) is 0.457. The van der Waals surface area contributed by atoms with Crippen molar-refractivity contribution < 1.29 is 23.8 Å². The van der Waals surface area contributed by atoms with E-state index in [2.05, 4.69) is 38.4 Å². The van der Waals surface area contributed by atoms with Gasteiger partial charge in [0, 0.05) is 69.3 Å². The molecule has 2 bridgehead atoms. The lowest BCUT2D eigenvalue weighted by atomic mass is 9.97. The van der Waals surface area contributed by atoms with E-state index >= 15 is 0 Å². The first-order valence-corrected chi connectivity index (χ1v) is 16.6. The van der Waals surface area contributed by atoms with Crippen molar-refractivity contribution in [3.8, 4) is 22.9 Å². The third-order valence-corrected chi connectivity index (χ3v) is 9.24. The molecule has 1 N–H and O–H groups in total. The second-order valence-corrected chi connectivity index (χ2v) is 12.2. The minimum absolute atomic E-state index is 0.0715. The number of pyridine rings is 1. The molecule has 1 saturated heterocycles. The van der Waals surface area contributed by atoms with Crippen molar-refractivity contribution in [2.24, 2.45) is 5.92 Å². The fourth-order valence-electron chi connectivity index (χ4n) is 6.62. The van der Waals surface area contributed by atoms with Crippen LogP contribution in [0.1, 0.15) is 42.2 Å². The molecule has 6 rings (SSSR count). The standard InChI is InChI=1S/C35H44N8O5/c1-5-40-16-17-41(35(45)29-23-43(39-38-29)26-11-7-6-8-12-26)15-13-31(44)36-20-24-10-9-14-42(21-24)34-25(22-40)18-27-28(37-34)19-30(46-2)33(48-4)32(27)47-3/h6-8,11-12,18-19,23-24H,5,9-10,13-17,20-22H2,1-4H3,(H,36,44). The van der Waals surface area contributed by atoms with E-state index in [0.717, 1.165) is 60.4 Å². The van der Waals surface area contributed by atoms with Crippen molar-refractivity contribution in [1.29, 1.82) is 0 Å². The number of benzene rings is 2. The van der Waals surface area contributed by atoms with Gasteiger partial charge in [0.15, 0.2) is 17.2 Å². The van der Waals surface area contributed by atoms with E-state index in [1.165, 1.54) is 0 Å². The summed E-state index contributed by atoms with van der Waals surface area (Å²) in [6.45, 7) is 6.96. The van der Waals surface area contributed by atoms with E-state index in [9.17, 15) is 9.59 Å². The van der Waals surface area contributed by atoms with Crippen LogP contribution in [0.4, 0.5) is 5.82 Å². The summed E-state index contributed by atoms with van der Waals surface area (Å²) in [5.74, 6) is 2.49. The smallest absolute Gasteiger partial charge is 0.276 e. The van der Waals surface area contributed by atoms with Gasteiger partial charge in [-0.3, -0.25) is 14.5 Å². The molecule has 2 aromatic carbocycles. The van der Waals surface area contributed by atoms with Crippen LogP contribution in [0, 0.1) is 5.92 Å². The van der Waals surface area contributed by atoms with Crippen LogP contribution >= 0.6 is 0 Å². The summed E-state index contributed by atoms with van der Waals surface area (Å²) in [7, 11) is 4.83. The summed E-state index contributed by atoms with van der Waals surface area (Å²) in [6, 6.07) is 13.6. The van der Waals surface area contributed by atoms with Gasteiger partial charge in [-0.1, -0.05) is 30.3 Å². The number of carbonyl (C=O) groups is 2. The second kappa shape index (κ2) is 14.9. The SMILES string of the molecule is CCN1CCN(C(=O)c2cn(-c3ccccc3)nn2)CCC(=O)NCC2CCCN(C2)c2nc3cc(OC)c(OC)c(OC)c3cc2C1. The highest BCUT2D eigenvalue weighted by molar-refractivity contribution is 5.93. The number of nitrogens with zero attached hydrogens (tertiary/aromatic N) is 7. The Labute approximate surface area is 280 Å². The molecule has 0 saturated carbocycles. The van der Waals surface area contributed by atoms with Crippen LogP contribution in [0.25, 0.3) is 16.6 Å². The average Bonchev–Trinajstić information content (AvgIpc) is 3.62. The summed E-state index contributed by atoms with van der Waals surface area (Å²) in [5.41, 5.74) is 2.85. The molecule has 1 fully saturated rings. The number of rotatable bonds is 6. The zero-order valence-electron chi connectivity index (χ0n) is 28.1. The van der Waals surface area contributed by atoms with Gasteiger partial charge in [-0.25, -0.2) is 9.67 Å². The summed E-state index contributed by atoms with van der Waals surface area (Å²) >= 11 is 0. The van der Waals surface area contributed by atoms with Gasteiger partial charge in [0.2, 0.25) is 11.7 Å². The topological polar surface area (TPSA) is 127 Å². The number of likely N-dealkylation sites (N-methyl/N-ethyl adjacent to an activating group) is 1. The number of para-hydroxylation sites is 1. The number of amides is 2. The van der Waals surface area contributed by atoms with E-state index in [1.54, 1.807) is 37.1 Å². The van der Waals surface area contributed by atoms with Crippen LogP contribution in [0.5, 0.6) is 17.2 Å². The summed E-state index contributed by atoms with van der Waals surface area (Å²) < 4.78 is 18.8. The van der Waals surface area contributed by atoms with Crippen LogP contribution in [-0.2, 0) is 11.3 Å². The van der Waals surface area contributed by atoms with Crippen LogP contribution in [0.15, 0.2) is 48.7 Å². The predicted molar refractivity (Wildman–Crippen MR) is 182 cm³/mol. The molecule has 4 heterocycles. The van der Waals surface area contributed by atoms with Crippen molar-refractivity contribution in [1.82, 2.24) is 35.1 Å². The molecule has 1 atom stereocenters. The number of aromatic nitrogens is 4. The molecule has 13 heteroatoms. The summed E-state index contributed by atoms with van der Waals surface area (Å²) in [6.07, 6.45) is 3.86. The number of hydrogen-bond acceptors (Lipinski definition) is 10. The lowest BCUT2D eigenvalue weighted by Gasteiger charge is -2.35. The van der Waals surface area contributed by atoms with Crippen LogP contribution in [0.2, 0.25) is 0 Å². The maximum Gasteiger partial charge on any atom is 0.276 e. The number of piperidine rings is 1. The number of carbonyl (C=O) groups excluding carboxylic acids is 2. The van der Waals surface area contributed by atoms with Crippen LogP contribution in [0.3, 0.4) is 0 Å². The van der Waals surface area contributed by atoms with Gasteiger partial charge in [0.05, 0.1) is 38.7 Å². The van der Waals surface area contributed by atoms with Gasteiger partial charge < -0.3 is 29.3 Å². The number of ether oxygens (including phenoxy) is 3. The highest BCUT2D eigenvalue weighted by atomic mass is 16.5. The highest BCUT2D eigenvalue weighted by Crippen LogP contribution is 2.44. The summed E-state index contributed by atoms with van der Waals surface area (Å²) in [5, 5.41) is 12.4. The molecular formula is C35H44N8O5. The Morgan fingerprint density at radius 1 is 1.00 bits per heavy atom. The molecule has 13 nitrogen and oxygen atoms in total. The minimum Gasteiger partial charge on any atom is -0.493 e. The number of anilines is 1. The van der Waals surface area contributed by atoms with E-state index in [4.69, 9.17) is 19.2 Å².